The Morgan fingerprint density at radius 3 is 2.04 bits per heavy atom. The van der Waals surface area contributed by atoms with Crippen LogP contribution in [0.1, 0.15) is 11.1 Å². The normalized spacial score (nSPS) is 11.4. The van der Waals surface area contributed by atoms with Crippen LogP contribution in [0.5, 0.6) is 0 Å². The minimum absolute atomic E-state index is 0.161. The van der Waals surface area contributed by atoms with Gasteiger partial charge < -0.3 is 10.6 Å². The van der Waals surface area contributed by atoms with E-state index in [1.54, 1.807) is 0 Å². The molecule has 27 heavy (non-hydrogen) atoms. The van der Waals surface area contributed by atoms with E-state index in [0.29, 0.717) is 13.1 Å². The molecule has 0 aliphatic heterocycles. The molecule has 0 aliphatic carbocycles. The maximum atomic E-state index is 12.0. The first-order chi connectivity index (χ1) is 12.8. The van der Waals surface area contributed by atoms with Gasteiger partial charge in [-0.15, -0.1) is 9.19 Å². The van der Waals surface area contributed by atoms with Gasteiger partial charge in [-0.3, -0.25) is 0 Å². The number of nitrogens with zero attached hydrogens (tertiary/aromatic N) is 3. The average Bonchev–Trinajstić information content (AvgIpc) is 3.02. The predicted octanol–water partition coefficient (Wildman–Crippen LogP) is 3.84. The van der Waals surface area contributed by atoms with Crippen LogP contribution in [0, 0.1) is 0 Å². The molecule has 0 spiro atoms. The zero-order valence-electron chi connectivity index (χ0n) is 14.4. The molecule has 10 heteroatoms. The van der Waals surface area contributed by atoms with Crippen LogP contribution in [-0.4, -0.2) is 28.8 Å². The van der Waals surface area contributed by atoms with Crippen molar-refractivity contribution in [1.82, 2.24) is 14.2 Å². The smallest absolute Gasteiger partial charge is 0.254 e. The topological polar surface area (TPSA) is 88.9 Å². The van der Waals surface area contributed by atoms with Gasteiger partial charge in [-0.05, 0) is 35.4 Å². The lowest BCUT2D eigenvalue weighted by atomic mass is 10.2. The van der Waals surface area contributed by atoms with E-state index in [9.17, 15) is 8.42 Å². The first-order valence-corrected chi connectivity index (χ1v) is 11.4. The molecule has 0 aliphatic rings. The van der Waals surface area contributed by atoms with Gasteiger partial charge in [-0.1, -0.05) is 56.1 Å². The highest BCUT2D eigenvalue weighted by Gasteiger charge is 2.17. The van der Waals surface area contributed by atoms with Crippen LogP contribution in [0.4, 0.5) is 11.9 Å². The standard InChI is InChI=1S/C17H17Br2N5O2S/c1-27(25,26)24-17(21-11-13-5-3-7-15(19)9-13)22-16(23-24)20-10-12-4-2-6-14(18)8-12/h2-9H,10-11H2,1H3,(H2,20,21,22,23). The van der Waals surface area contributed by atoms with Crippen molar-refractivity contribution in [1.29, 1.82) is 0 Å². The van der Waals surface area contributed by atoms with Gasteiger partial charge in [0.05, 0.1) is 6.26 Å². The third-order valence-electron chi connectivity index (χ3n) is 3.57. The van der Waals surface area contributed by atoms with Crippen molar-refractivity contribution < 1.29 is 8.42 Å². The van der Waals surface area contributed by atoms with Crippen molar-refractivity contribution in [3.8, 4) is 0 Å². The zero-order valence-corrected chi connectivity index (χ0v) is 18.3. The fourth-order valence-corrected chi connectivity index (χ4v) is 3.91. The molecule has 3 aromatic rings. The summed E-state index contributed by atoms with van der Waals surface area (Å²) in [5.74, 6) is 0.395. The van der Waals surface area contributed by atoms with Crippen molar-refractivity contribution in [2.75, 3.05) is 16.9 Å². The lowest BCUT2D eigenvalue weighted by Crippen LogP contribution is -2.16. The second-order valence-electron chi connectivity index (χ2n) is 5.83. The van der Waals surface area contributed by atoms with E-state index >= 15 is 0 Å². The summed E-state index contributed by atoms with van der Waals surface area (Å²) in [6.45, 7) is 0.886. The third-order valence-corrected chi connectivity index (χ3v) is 5.44. The van der Waals surface area contributed by atoms with Crippen molar-refractivity contribution in [3.05, 3.63) is 68.6 Å². The molecule has 142 valence electrons. The van der Waals surface area contributed by atoms with Crippen LogP contribution >= 0.6 is 31.9 Å². The van der Waals surface area contributed by atoms with Crippen molar-refractivity contribution >= 4 is 53.8 Å². The number of nitrogens with one attached hydrogen (secondary N) is 2. The molecule has 0 unspecified atom stereocenters. The molecule has 0 radical (unpaired) electrons. The van der Waals surface area contributed by atoms with Crippen LogP contribution < -0.4 is 10.6 Å². The molecule has 0 saturated heterocycles. The number of hydrogen-bond acceptors (Lipinski definition) is 6. The maximum Gasteiger partial charge on any atom is 0.254 e. The van der Waals surface area contributed by atoms with E-state index in [2.05, 4.69) is 52.6 Å². The van der Waals surface area contributed by atoms with Gasteiger partial charge in [0.1, 0.15) is 0 Å². The summed E-state index contributed by atoms with van der Waals surface area (Å²) in [5, 5.41) is 10.2. The predicted molar refractivity (Wildman–Crippen MR) is 113 cm³/mol. The molecule has 3 rings (SSSR count). The number of aromatic nitrogens is 3. The Labute approximate surface area is 174 Å². The average molecular weight is 515 g/mol. The van der Waals surface area contributed by atoms with Crippen LogP contribution in [0.3, 0.4) is 0 Å². The summed E-state index contributed by atoms with van der Waals surface area (Å²) >= 11 is 6.84. The lowest BCUT2D eigenvalue weighted by molar-refractivity contribution is 0.587. The van der Waals surface area contributed by atoms with Crippen LogP contribution in [-0.2, 0) is 23.1 Å². The van der Waals surface area contributed by atoms with Gasteiger partial charge in [-0.25, -0.2) is 8.42 Å². The first kappa shape index (κ1) is 19.8. The molecular formula is C17H17Br2N5O2S. The summed E-state index contributed by atoms with van der Waals surface area (Å²) in [5.41, 5.74) is 2.00. The maximum absolute atomic E-state index is 12.0. The Balaban J connectivity index is 1.76. The molecule has 0 saturated carbocycles. The zero-order chi connectivity index (χ0) is 19.4. The second-order valence-corrected chi connectivity index (χ2v) is 9.48. The molecular weight excluding hydrogens is 498 g/mol. The number of halogens is 2. The molecule has 1 aromatic heterocycles. The van der Waals surface area contributed by atoms with E-state index in [4.69, 9.17) is 0 Å². The highest BCUT2D eigenvalue weighted by Crippen LogP contribution is 2.17. The van der Waals surface area contributed by atoms with Crippen LogP contribution in [0.15, 0.2) is 57.5 Å². The molecule has 2 N–H and O–H groups in total. The SMILES string of the molecule is CS(=O)(=O)n1nc(NCc2cccc(Br)c2)nc1NCc1cccc(Br)c1. The van der Waals surface area contributed by atoms with Gasteiger partial charge in [0.25, 0.3) is 10.0 Å². The van der Waals surface area contributed by atoms with Crippen molar-refractivity contribution in [2.24, 2.45) is 0 Å². The molecule has 0 fully saturated rings. The van der Waals surface area contributed by atoms with Gasteiger partial charge in [0.15, 0.2) is 0 Å². The van der Waals surface area contributed by atoms with Gasteiger partial charge in [0.2, 0.25) is 11.9 Å². The van der Waals surface area contributed by atoms with E-state index in [1.807, 2.05) is 48.5 Å². The van der Waals surface area contributed by atoms with Gasteiger partial charge in [-0.2, -0.15) is 4.98 Å². The summed E-state index contributed by atoms with van der Waals surface area (Å²) in [7, 11) is -3.59. The van der Waals surface area contributed by atoms with E-state index < -0.39 is 10.0 Å². The van der Waals surface area contributed by atoms with Crippen molar-refractivity contribution in [2.45, 2.75) is 13.1 Å². The minimum atomic E-state index is -3.59. The highest BCUT2D eigenvalue weighted by molar-refractivity contribution is 9.10. The Hall–Kier alpha value is -1.91. The summed E-state index contributed by atoms with van der Waals surface area (Å²) < 4.78 is 26.9. The number of rotatable bonds is 7. The van der Waals surface area contributed by atoms with Crippen LogP contribution in [0.25, 0.3) is 0 Å². The summed E-state index contributed by atoms with van der Waals surface area (Å²) in [4.78, 5) is 4.28. The molecule has 0 amide bonds. The summed E-state index contributed by atoms with van der Waals surface area (Å²) in [6, 6.07) is 15.5. The van der Waals surface area contributed by atoms with Crippen LogP contribution in [0.2, 0.25) is 0 Å². The van der Waals surface area contributed by atoms with E-state index in [1.165, 1.54) is 0 Å². The third kappa shape index (κ3) is 5.53. The number of hydrogen-bond donors (Lipinski definition) is 2. The Morgan fingerprint density at radius 2 is 1.52 bits per heavy atom. The minimum Gasteiger partial charge on any atom is -0.349 e. The Bertz CT molecular complexity index is 1050. The molecule has 7 nitrogen and oxygen atoms in total. The second kappa shape index (κ2) is 8.41. The first-order valence-electron chi connectivity index (χ1n) is 7.95. The molecule has 0 atom stereocenters. The highest BCUT2D eigenvalue weighted by atomic mass is 79.9. The van der Waals surface area contributed by atoms with Gasteiger partial charge >= 0.3 is 0 Å². The van der Waals surface area contributed by atoms with Gasteiger partial charge in [0, 0.05) is 22.0 Å². The monoisotopic (exact) mass is 513 g/mol. The fraction of sp³-hybridized carbons (Fsp3) is 0.176. The molecule has 0 bridgehead atoms. The largest absolute Gasteiger partial charge is 0.349 e. The number of anilines is 2. The Kier molecular flexibility index (Phi) is 6.18. The Morgan fingerprint density at radius 1 is 0.963 bits per heavy atom. The van der Waals surface area contributed by atoms with E-state index in [0.717, 1.165) is 30.4 Å². The summed E-state index contributed by atoms with van der Waals surface area (Å²) in [6.07, 6.45) is 1.09. The van der Waals surface area contributed by atoms with E-state index in [-0.39, 0.29) is 11.9 Å². The van der Waals surface area contributed by atoms with Crippen molar-refractivity contribution in [3.63, 3.8) is 0 Å². The fourth-order valence-electron chi connectivity index (χ4n) is 2.37. The molecule has 1 heterocycles. The number of benzene rings is 2. The quantitative estimate of drug-likeness (QED) is 0.498. The molecule has 2 aromatic carbocycles. The lowest BCUT2D eigenvalue weighted by Gasteiger charge is -2.06.